The summed E-state index contributed by atoms with van der Waals surface area (Å²) < 4.78 is 0. The quantitative estimate of drug-likeness (QED) is 0.116. The number of hydrogen-bond donors (Lipinski definition) is 1. The fraction of sp³-hybridized carbons (Fsp3) is 0.188. The van der Waals surface area contributed by atoms with Crippen LogP contribution in [0.3, 0.4) is 0 Å². The van der Waals surface area contributed by atoms with Crippen LogP contribution in [0.4, 0.5) is 28.4 Å². The third-order valence-corrected chi connectivity index (χ3v) is 14.4. The molecule has 0 amide bonds. The summed E-state index contributed by atoms with van der Waals surface area (Å²) in [4.78, 5) is 2.40. The van der Waals surface area contributed by atoms with Crippen LogP contribution >= 0.6 is 0 Å². The van der Waals surface area contributed by atoms with Gasteiger partial charge in [-0.1, -0.05) is 178 Å². The van der Waals surface area contributed by atoms with Gasteiger partial charge in [-0.05, 0) is 165 Å². The van der Waals surface area contributed by atoms with Crippen molar-refractivity contribution in [1.82, 2.24) is 0 Å². The van der Waals surface area contributed by atoms with Gasteiger partial charge in [-0.15, -0.1) is 0 Å². The Balaban J connectivity index is 0.875. The molecule has 0 spiro atoms. The third kappa shape index (κ3) is 8.33. The summed E-state index contributed by atoms with van der Waals surface area (Å²) in [6.07, 6.45) is 22.9. The molecular weight excluding hydrogens is 797 g/mol. The smallest absolute Gasteiger partial charge is 0.0462 e. The van der Waals surface area contributed by atoms with Gasteiger partial charge in [-0.3, -0.25) is 0 Å². The monoisotopic (exact) mass is 854 g/mol. The first-order chi connectivity index (χ1) is 32.6. The van der Waals surface area contributed by atoms with Crippen molar-refractivity contribution in [1.29, 1.82) is 0 Å². The summed E-state index contributed by atoms with van der Waals surface area (Å²) in [6.45, 7) is 4.50. The first kappa shape index (κ1) is 41.5. The lowest BCUT2D eigenvalue weighted by molar-refractivity contribution is 0.854. The van der Waals surface area contributed by atoms with Crippen LogP contribution in [0.25, 0.3) is 33.4 Å². The molecule has 1 N–H and O–H groups in total. The van der Waals surface area contributed by atoms with Crippen LogP contribution in [-0.4, -0.2) is 0 Å². The highest BCUT2D eigenvalue weighted by molar-refractivity contribution is 5.95. The predicted molar refractivity (Wildman–Crippen MR) is 281 cm³/mol. The van der Waals surface area contributed by atoms with E-state index in [2.05, 4.69) is 236 Å². The fourth-order valence-electron chi connectivity index (χ4n) is 10.8. The van der Waals surface area contributed by atoms with Crippen molar-refractivity contribution in [3.8, 4) is 22.3 Å². The molecule has 324 valence electrons. The molecule has 0 heterocycles. The minimum atomic E-state index is 0.341. The lowest BCUT2D eigenvalue weighted by Crippen LogP contribution is -2.11. The highest BCUT2D eigenvalue weighted by Gasteiger charge is 2.48. The van der Waals surface area contributed by atoms with Crippen LogP contribution in [0.2, 0.25) is 0 Å². The van der Waals surface area contributed by atoms with Crippen molar-refractivity contribution >= 4 is 39.6 Å². The molecule has 1 fully saturated rings. The summed E-state index contributed by atoms with van der Waals surface area (Å²) in [6, 6.07) is 63.4. The number of unbranched alkanes of at least 4 members (excludes halogenated alkanes) is 1. The van der Waals surface area contributed by atoms with E-state index < -0.39 is 0 Å². The maximum atomic E-state index is 3.71. The number of fused-ring (bicyclic) bond motifs is 5. The number of nitrogens with zero attached hydrogens (tertiary/aromatic N) is 1. The highest BCUT2D eigenvalue weighted by Crippen LogP contribution is 2.63. The summed E-state index contributed by atoms with van der Waals surface area (Å²) in [5.41, 5.74) is 22.2. The average Bonchev–Trinajstić information content (AvgIpc) is 4.20. The Morgan fingerprint density at radius 2 is 1.24 bits per heavy atom. The van der Waals surface area contributed by atoms with Crippen LogP contribution < -0.4 is 10.2 Å². The van der Waals surface area contributed by atoms with Crippen LogP contribution in [-0.2, 0) is 0 Å². The van der Waals surface area contributed by atoms with Crippen molar-refractivity contribution in [2.75, 3.05) is 10.2 Å². The maximum absolute atomic E-state index is 3.71. The van der Waals surface area contributed by atoms with Crippen LogP contribution in [0.1, 0.15) is 97.9 Å². The van der Waals surface area contributed by atoms with E-state index in [1.54, 1.807) is 16.7 Å². The minimum absolute atomic E-state index is 0.341. The molecule has 2 nitrogen and oxygen atoms in total. The van der Waals surface area contributed by atoms with Gasteiger partial charge in [-0.2, -0.15) is 0 Å². The third-order valence-electron chi connectivity index (χ3n) is 14.4. The van der Waals surface area contributed by atoms with E-state index in [-0.39, 0.29) is 0 Å². The molecule has 7 aromatic rings. The zero-order valence-electron chi connectivity index (χ0n) is 38.2. The van der Waals surface area contributed by atoms with Gasteiger partial charge in [0.2, 0.25) is 0 Å². The van der Waals surface area contributed by atoms with Gasteiger partial charge in [0.1, 0.15) is 0 Å². The maximum Gasteiger partial charge on any atom is 0.0462 e. The minimum Gasteiger partial charge on any atom is -0.355 e. The van der Waals surface area contributed by atoms with Crippen molar-refractivity contribution in [3.63, 3.8) is 0 Å². The standard InChI is InChI=1S/C64H58N2/c1-3-4-6-14-44(2)56-17-11-12-22-63(56)65-52-35-27-48(28-36-52)50-31-39-54(40-32-50)66(53-37-29-49(30-38-53)47-25-23-46(24-26-47)45-15-7-5-8-16-45)55-41-33-51(34-42-55)57-20-13-21-60-58-18-9-10-19-59(58)61-43-62(61)64(57)60/h5-12,14-15,17-20,22-42,44-45,61-62,65H,3-4,13,16,21,43H2,1-2H3/b14-6-. The summed E-state index contributed by atoms with van der Waals surface area (Å²) >= 11 is 0. The van der Waals surface area contributed by atoms with Crippen LogP contribution in [0, 0.1) is 5.92 Å². The summed E-state index contributed by atoms with van der Waals surface area (Å²) in [5.74, 6) is 2.12. The second-order valence-corrected chi connectivity index (χ2v) is 18.6. The lowest BCUT2D eigenvalue weighted by atomic mass is 9.76. The van der Waals surface area contributed by atoms with Gasteiger partial charge < -0.3 is 10.2 Å². The van der Waals surface area contributed by atoms with Gasteiger partial charge in [0.25, 0.3) is 0 Å². The molecule has 0 aromatic heterocycles. The molecule has 4 aliphatic carbocycles. The first-order valence-corrected chi connectivity index (χ1v) is 24.3. The number of allylic oxidation sites excluding steroid dienone is 10. The molecule has 66 heavy (non-hydrogen) atoms. The molecule has 4 unspecified atom stereocenters. The molecule has 1 saturated carbocycles. The number of anilines is 5. The molecular formula is C64H58N2. The SMILES string of the molecule is CCC/C=C\C(C)c1ccccc1Nc1ccc(-c2ccc(N(c3ccc(C4=CCCC5=C4C4CC4c4ccccc45)cc3)c3ccc(-c4ccc(C5C=CC=CC5)cc4)cc3)cc2)cc1. The van der Waals surface area contributed by atoms with E-state index in [0.29, 0.717) is 23.7 Å². The number of rotatable bonds is 13. The van der Waals surface area contributed by atoms with E-state index in [1.807, 2.05) is 0 Å². The summed E-state index contributed by atoms with van der Waals surface area (Å²) in [5, 5.41) is 3.71. The van der Waals surface area contributed by atoms with Gasteiger partial charge >= 0.3 is 0 Å². The average molecular weight is 855 g/mol. The van der Waals surface area contributed by atoms with E-state index in [9.17, 15) is 0 Å². The molecule has 0 saturated heterocycles. The molecule has 7 aromatic carbocycles. The van der Waals surface area contributed by atoms with E-state index in [1.165, 1.54) is 62.9 Å². The van der Waals surface area contributed by atoms with Crippen molar-refractivity contribution in [3.05, 3.63) is 246 Å². The Hall–Kier alpha value is -7.16. The van der Waals surface area contributed by atoms with Crippen LogP contribution in [0.5, 0.6) is 0 Å². The topological polar surface area (TPSA) is 15.3 Å². The van der Waals surface area contributed by atoms with E-state index in [0.717, 1.165) is 54.1 Å². The Bertz CT molecular complexity index is 3000. The zero-order valence-corrected chi connectivity index (χ0v) is 38.2. The number of para-hydroxylation sites is 1. The van der Waals surface area contributed by atoms with Gasteiger partial charge in [0, 0.05) is 40.3 Å². The normalized spacial score (nSPS) is 18.6. The van der Waals surface area contributed by atoms with Crippen molar-refractivity contribution < 1.29 is 0 Å². The number of nitrogens with one attached hydrogen (secondary N) is 1. The lowest BCUT2D eigenvalue weighted by Gasteiger charge is -2.29. The number of hydrogen-bond acceptors (Lipinski definition) is 2. The largest absolute Gasteiger partial charge is 0.355 e. The molecule has 4 atom stereocenters. The van der Waals surface area contributed by atoms with Crippen LogP contribution in [0.15, 0.2) is 218 Å². The van der Waals surface area contributed by atoms with E-state index in [4.69, 9.17) is 0 Å². The molecule has 2 heteroatoms. The van der Waals surface area contributed by atoms with Gasteiger partial charge in [0.15, 0.2) is 0 Å². The second kappa shape index (κ2) is 18.4. The molecule has 4 aliphatic rings. The fourth-order valence-corrected chi connectivity index (χ4v) is 10.8. The number of benzene rings is 7. The van der Waals surface area contributed by atoms with Gasteiger partial charge in [0.05, 0.1) is 0 Å². The van der Waals surface area contributed by atoms with Gasteiger partial charge in [-0.25, -0.2) is 0 Å². The van der Waals surface area contributed by atoms with Crippen molar-refractivity contribution in [2.24, 2.45) is 5.92 Å². The van der Waals surface area contributed by atoms with Crippen molar-refractivity contribution in [2.45, 2.75) is 70.1 Å². The Morgan fingerprint density at radius 1 is 0.636 bits per heavy atom. The Morgan fingerprint density at radius 3 is 1.89 bits per heavy atom. The highest BCUT2D eigenvalue weighted by atomic mass is 15.1. The predicted octanol–water partition coefficient (Wildman–Crippen LogP) is 18.0. The molecule has 11 rings (SSSR count). The van der Waals surface area contributed by atoms with E-state index >= 15 is 0 Å². The molecule has 0 aliphatic heterocycles. The Kier molecular flexibility index (Phi) is 11.6. The zero-order chi connectivity index (χ0) is 44.4. The molecule has 0 radical (unpaired) electrons. The summed E-state index contributed by atoms with van der Waals surface area (Å²) in [7, 11) is 0. The second-order valence-electron chi connectivity index (χ2n) is 18.6. The first-order valence-electron chi connectivity index (χ1n) is 24.3. The Labute approximate surface area is 392 Å². The molecule has 0 bridgehead atoms.